The zero-order valence-electron chi connectivity index (χ0n) is 15.9. The second-order valence-electron chi connectivity index (χ2n) is 6.42. The topological polar surface area (TPSA) is 67.1 Å². The number of anilines is 1. The van der Waals surface area contributed by atoms with Gasteiger partial charge in [-0.1, -0.05) is 36.4 Å². The summed E-state index contributed by atoms with van der Waals surface area (Å²) >= 11 is 0. The van der Waals surface area contributed by atoms with Crippen LogP contribution in [0.1, 0.15) is 25.7 Å². The summed E-state index contributed by atoms with van der Waals surface area (Å²) < 4.78 is 17.3. The third-order valence-electron chi connectivity index (χ3n) is 4.36. The lowest BCUT2D eigenvalue weighted by Crippen LogP contribution is -2.36. The molecular weight excluding hydrogens is 354 g/mol. The summed E-state index contributed by atoms with van der Waals surface area (Å²) in [4.78, 5) is 5.82. The number of nitriles is 1. The monoisotopic (exact) mass is 379 g/mol. The maximum absolute atomic E-state index is 9.17. The Morgan fingerprint density at radius 3 is 2.54 bits per heavy atom. The van der Waals surface area contributed by atoms with Crippen LogP contribution in [-0.2, 0) is 9.47 Å². The molecule has 1 unspecified atom stereocenters. The Balaban J connectivity index is 1.66. The molecule has 0 bridgehead atoms. The third-order valence-corrected chi connectivity index (χ3v) is 4.36. The van der Waals surface area contributed by atoms with Crippen molar-refractivity contribution < 1.29 is 14.2 Å². The fourth-order valence-electron chi connectivity index (χ4n) is 3.00. The van der Waals surface area contributed by atoms with Gasteiger partial charge >= 0.3 is 6.02 Å². The van der Waals surface area contributed by atoms with Crippen molar-refractivity contribution in [2.75, 3.05) is 24.7 Å². The highest BCUT2D eigenvalue weighted by atomic mass is 16.7. The highest BCUT2D eigenvalue weighted by Gasteiger charge is 2.18. The van der Waals surface area contributed by atoms with Gasteiger partial charge in [-0.3, -0.25) is 4.90 Å². The molecule has 2 aromatic rings. The maximum Gasteiger partial charge on any atom is 0.312 e. The lowest BCUT2D eigenvalue weighted by atomic mass is 10.2. The molecule has 0 radical (unpaired) electrons. The summed E-state index contributed by atoms with van der Waals surface area (Å²) in [5, 5.41) is 9.17. The fourth-order valence-corrected chi connectivity index (χ4v) is 3.00. The number of benzene rings is 2. The van der Waals surface area contributed by atoms with E-state index in [1.165, 1.54) is 0 Å². The van der Waals surface area contributed by atoms with Crippen LogP contribution in [0.3, 0.4) is 0 Å². The highest BCUT2D eigenvalue weighted by molar-refractivity contribution is 5.93. The van der Waals surface area contributed by atoms with Gasteiger partial charge in [-0.25, -0.2) is 0 Å². The largest absolute Gasteiger partial charge is 0.425 e. The van der Waals surface area contributed by atoms with Gasteiger partial charge in [0.1, 0.15) is 5.75 Å². The molecule has 28 heavy (non-hydrogen) atoms. The number of aliphatic imine (C=N–C) groups is 1. The average molecular weight is 379 g/mol. The number of hydrogen-bond acceptors (Lipinski definition) is 5. The summed E-state index contributed by atoms with van der Waals surface area (Å²) in [5.41, 5.74) is 0.904. The zero-order valence-corrected chi connectivity index (χ0v) is 15.9. The first kappa shape index (κ1) is 19.9. The van der Waals surface area contributed by atoms with Crippen LogP contribution >= 0.6 is 0 Å². The van der Waals surface area contributed by atoms with Crippen molar-refractivity contribution in [3.8, 4) is 11.9 Å². The van der Waals surface area contributed by atoms with E-state index in [2.05, 4.69) is 4.99 Å². The molecule has 1 aliphatic heterocycles. The quantitative estimate of drug-likeness (QED) is 0.310. The van der Waals surface area contributed by atoms with E-state index in [1.54, 1.807) is 0 Å². The van der Waals surface area contributed by atoms with Gasteiger partial charge in [0.25, 0.3) is 0 Å². The SMILES string of the molecule is N#CN=C(Oc1ccccc1)N(CCCOC1CCCCO1)c1ccccc1. The smallest absolute Gasteiger partial charge is 0.312 e. The van der Waals surface area contributed by atoms with E-state index in [-0.39, 0.29) is 12.3 Å². The van der Waals surface area contributed by atoms with Crippen molar-refractivity contribution in [1.29, 1.82) is 5.26 Å². The molecule has 0 aromatic heterocycles. The number of nitrogens with zero attached hydrogens (tertiary/aromatic N) is 3. The predicted molar refractivity (Wildman–Crippen MR) is 108 cm³/mol. The van der Waals surface area contributed by atoms with E-state index in [0.29, 0.717) is 18.9 Å². The van der Waals surface area contributed by atoms with Crippen LogP contribution in [0.25, 0.3) is 0 Å². The predicted octanol–water partition coefficient (Wildman–Crippen LogP) is 4.34. The number of rotatable bonds is 7. The van der Waals surface area contributed by atoms with Gasteiger partial charge in [-0.2, -0.15) is 5.26 Å². The Kier molecular flexibility index (Phi) is 7.86. The third kappa shape index (κ3) is 6.08. The molecule has 0 spiro atoms. The van der Waals surface area contributed by atoms with Crippen molar-refractivity contribution in [2.24, 2.45) is 4.99 Å². The van der Waals surface area contributed by atoms with E-state index in [0.717, 1.165) is 38.0 Å². The standard InChI is InChI=1S/C22H25N3O3/c23-18-24-22(28-20-12-5-2-6-13-20)25(19-10-3-1-4-11-19)15-9-17-27-21-14-7-8-16-26-21/h1-6,10-13,21H,7-9,14-17H2. The molecule has 0 saturated carbocycles. The van der Waals surface area contributed by atoms with E-state index in [1.807, 2.05) is 71.8 Å². The molecule has 0 aliphatic carbocycles. The number of amidine groups is 1. The molecule has 6 heteroatoms. The second kappa shape index (κ2) is 11.1. The molecular formula is C22H25N3O3. The van der Waals surface area contributed by atoms with Gasteiger partial charge in [-0.15, -0.1) is 4.99 Å². The molecule has 0 N–H and O–H groups in total. The minimum Gasteiger partial charge on any atom is -0.425 e. The van der Waals surface area contributed by atoms with Crippen molar-refractivity contribution in [3.63, 3.8) is 0 Å². The summed E-state index contributed by atoms with van der Waals surface area (Å²) in [5.74, 6) is 0.629. The molecule has 0 amide bonds. The highest BCUT2D eigenvalue weighted by Crippen LogP contribution is 2.19. The van der Waals surface area contributed by atoms with Crippen LogP contribution in [0.4, 0.5) is 5.69 Å². The maximum atomic E-state index is 9.17. The van der Waals surface area contributed by atoms with Crippen LogP contribution in [-0.4, -0.2) is 32.1 Å². The lowest BCUT2D eigenvalue weighted by molar-refractivity contribution is -0.162. The van der Waals surface area contributed by atoms with Gasteiger partial charge < -0.3 is 14.2 Å². The Labute approximate surface area is 166 Å². The van der Waals surface area contributed by atoms with Crippen molar-refractivity contribution in [2.45, 2.75) is 32.0 Å². The van der Waals surface area contributed by atoms with Crippen molar-refractivity contribution >= 4 is 11.7 Å². The lowest BCUT2D eigenvalue weighted by Gasteiger charge is -2.26. The molecule has 1 fully saturated rings. The normalized spacial score (nSPS) is 17.0. The van der Waals surface area contributed by atoms with Gasteiger partial charge in [0.2, 0.25) is 6.19 Å². The van der Waals surface area contributed by atoms with Crippen LogP contribution < -0.4 is 9.64 Å². The Morgan fingerprint density at radius 1 is 1.11 bits per heavy atom. The zero-order chi connectivity index (χ0) is 19.4. The summed E-state index contributed by atoms with van der Waals surface area (Å²) in [6.45, 7) is 1.94. The minimum atomic E-state index is -0.105. The molecule has 2 aromatic carbocycles. The summed E-state index contributed by atoms with van der Waals surface area (Å²) in [7, 11) is 0. The van der Waals surface area contributed by atoms with Crippen molar-refractivity contribution in [3.05, 3.63) is 60.7 Å². The van der Waals surface area contributed by atoms with Crippen LogP contribution in [0.15, 0.2) is 65.7 Å². The number of para-hydroxylation sites is 2. The Morgan fingerprint density at radius 2 is 1.86 bits per heavy atom. The van der Waals surface area contributed by atoms with Gasteiger partial charge in [-0.05, 0) is 49.9 Å². The molecule has 146 valence electrons. The first-order valence-corrected chi connectivity index (χ1v) is 9.62. The van der Waals surface area contributed by atoms with E-state index >= 15 is 0 Å². The molecule has 1 atom stereocenters. The molecule has 3 rings (SSSR count). The molecule has 6 nitrogen and oxygen atoms in total. The van der Waals surface area contributed by atoms with E-state index < -0.39 is 0 Å². The average Bonchev–Trinajstić information content (AvgIpc) is 2.76. The molecule has 1 aliphatic rings. The van der Waals surface area contributed by atoms with Crippen LogP contribution in [0, 0.1) is 11.5 Å². The fraction of sp³-hybridized carbons (Fsp3) is 0.364. The first-order valence-electron chi connectivity index (χ1n) is 9.62. The van der Waals surface area contributed by atoms with Crippen molar-refractivity contribution in [1.82, 2.24) is 0 Å². The minimum absolute atomic E-state index is 0.105. The van der Waals surface area contributed by atoms with E-state index in [4.69, 9.17) is 19.5 Å². The van der Waals surface area contributed by atoms with Gasteiger partial charge in [0.05, 0.1) is 6.61 Å². The van der Waals surface area contributed by atoms with Gasteiger partial charge in [0.15, 0.2) is 6.29 Å². The Bertz CT molecular complexity index is 769. The first-order chi connectivity index (χ1) is 13.9. The summed E-state index contributed by atoms with van der Waals surface area (Å²) in [6.07, 6.45) is 5.69. The second-order valence-corrected chi connectivity index (χ2v) is 6.42. The summed E-state index contributed by atoms with van der Waals surface area (Å²) in [6, 6.07) is 19.3. The van der Waals surface area contributed by atoms with Crippen LogP contribution in [0.5, 0.6) is 5.75 Å². The van der Waals surface area contributed by atoms with Crippen LogP contribution in [0.2, 0.25) is 0 Å². The number of ether oxygens (including phenoxy) is 3. The molecule has 1 heterocycles. The molecule has 1 saturated heterocycles. The van der Waals surface area contributed by atoms with E-state index in [9.17, 15) is 0 Å². The van der Waals surface area contributed by atoms with Gasteiger partial charge in [0, 0.05) is 18.8 Å². The Hall–Kier alpha value is -2.88. The number of hydrogen-bond donors (Lipinski definition) is 0.